The number of carboxylic acid groups (broad SMARTS) is 1. The molecule has 0 aromatic heterocycles. The minimum Gasteiger partial charge on any atom is -0.494 e. The molecule has 1 fully saturated rings. The molecule has 1 saturated heterocycles. The number of carboxylic acids is 1. The SMILES string of the molecule is CCOc1ccc(CCC[C@@H](C(=O)O)[C@@H]2OC(C)(C)OC2=O)cc1. The van der Waals surface area contributed by atoms with E-state index in [4.69, 9.17) is 14.2 Å². The summed E-state index contributed by atoms with van der Waals surface area (Å²) in [6.45, 7) is 5.75. The van der Waals surface area contributed by atoms with Crippen molar-refractivity contribution >= 4 is 11.9 Å². The van der Waals surface area contributed by atoms with Gasteiger partial charge in [-0.25, -0.2) is 4.79 Å². The van der Waals surface area contributed by atoms with E-state index in [2.05, 4.69) is 0 Å². The molecule has 24 heavy (non-hydrogen) atoms. The highest BCUT2D eigenvalue weighted by atomic mass is 16.8. The van der Waals surface area contributed by atoms with Gasteiger partial charge < -0.3 is 19.3 Å². The van der Waals surface area contributed by atoms with Crippen LogP contribution in [0, 0.1) is 5.92 Å². The molecule has 0 unspecified atom stereocenters. The molecule has 0 radical (unpaired) electrons. The highest BCUT2D eigenvalue weighted by Gasteiger charge is 2.47. The molecule has 1 aromatic rings. The summed E-state index contributed by atoms with van der Waals surface area (Å²) in [6, 6.07) is 7.72. The van der Waals surface area contributed by atoms with Gasteiger partial charge in [0, 0.05) is 13.8 Å². The molecule has 0 saturated carbocycles. The molecule has 0 spiro atoms. The number of rotatable bonds is 8. The maximum atomic E-state index is 11.8. The van der Waals surface area contributed by atoms with E-state index in [1.165, 1.54) is 0 Å². The van der Waals surface area contributed by atoms with Crippen LogP contribution in [0.25, 0.3) is 0 Å². The minimum atomic E-state index is -1.06. The average molecular weight is 336 g/mol. The van der Waals surface area contributed by atoms with Crippen LogP contribution in [-0.4, -0.2) is 35.5 Å². The van der Waals surface area contributed by atoms with Crippen LogP contribution in [0.4, 0.5) is 0 Å². The molecule has 6 heteroatoms. The van der Waals surface area contributed by atoms with Crippen molar-refractivity contribution in [3.63, 3.8) is 0 Å². The molecule has 0 bridgehead atoms. The fourth-order valence-electron chi connectivity index (χ4n) is 2.77. The first-order valence-corrected chi connectivity index (χ1v) is 8.17. The third kappa shape index (κ3) is 4.71. The van der Waals surface area contributed by atoms with Crippen molar-refractivity contribution in [2.45, 2.75) is 51.9 Å². The van der Waals surface area contributed by atoms with Gasteiger partial charge in [0.2, 0.25) is 5.79 Å². The zero-order chi connectivity index (χ0) is 17.7. The molecule has 2 atom stereocenters. The molecule has 1 aliphatic heterocycles. The van der Waals surface area contributed by atoms with Gasteiger partial charge in [-0.15, -0.1) is 0 Å². The van der Waals surface area contributed by atoms with Crippen molar-refractivity contribution in [1.29, 1.82) is 0 Å². The maximum absolute atomic E-state index is 11.8. The summed E-state index contributed by atoms with van der Waals surface area (Å²) < 4.78 is 15.9. The lowest BCUT2D eigenvalue weighted by Crippen LogP contribution is -2.34. The molecule has 1 heterocycles. The van der Waals surface area contributed by atoms with Crippen LogP contribution in [-0.2, 0) is 25.5 Å². The molecule has 1 aromatic carbocycles. The molecule has 2 rings (SSSR count). The fourth-order valence-corrected chi connectivity index (χ4v) is 2.77. The van der Waals surface area contributed by atoms with Crippen LogP contribution in [0.3, 0.4) is 0 Å². The van der Waals surface area contributed by atoms with Crippen molar-refractivity contribution in [2.75, 3.05) is 6.61 Å². The summed E-state index contributed by atoms with van der Waals surface area (Å²) in [5.74, 6) is -2.80. The molecule has 1 aliphatic rings. The number of ether oxygens (including phenoxy) is 3. The normalized spacial score (nSPS) is 20.5. The number of carbonyl (C=O) groups excluding carboxylic acids is 1. The Bertz CT molecular complexity index is 578. The van der Waals surface area contributed by atoms with E-state index in [0.29, 0.717) is 19.4 Å². The molecular weight excluding hydrogens is 312 g/mol. The zero-order valence-electron chi connectivity index (χ0n) is 14.3. The van der Waals surface area contributed by atoms with Gasteiger partial charge in [-0.05, 0) is 43.9 Å². The summed E-state index contributed by atoms with van der Waals surface area (Å²) >= 11 is 0. The summed E-state index contributed by atoms with van der Waals surface area (Å²) in [5.41, 5.74) is 1.10. The van der Waals surface area contributed by atoms with Crippen molar-refractivity contribution in [3.05, 3.63) is 29.8 Å². The number of carbonyl (C=O) groups is 2. The Labute approximate surface area is 141 Å². The van der Waals surface area contributed by atoms with E-state index in [-0.39, 0.29) is 0 Å². The lowest BCUT2D eigenvalue weighted by atomic mass is 9.94. The summed E-state index contributed by atoms with van der Waals surface area (Å²) in [7, 11) is 0. The second kappa shape index (κ2) is 7.66. The van der Waals surface area contributed by atoms with Crippen LogP contribution in [0.15, 0.2) is 24.3 Å². The topological polar surface area (TPSA) is 82.1 Å². The minimum absolute atomic E-state index is 0.346. The summed E-state index contributed by atoms with van der Waals surface area (Å²) in [6.07, 6.45) is 0.663. The summed E-state index contributed by atoms with van der Waals surface area (Å²) in [5, 5.41) is 9.41. The lowest BCUT2D eigenvalue weighted by molar-refractivity contribution is -0.163. The summed E-state index contributed by atoms with van der Waals surface area (Å²) in [4.78, 5) is 23.3. The first kappa shape index (κ1) is 18.3. The van der Waals surface area contributed by atoms with Crippen molar-refractivity contribution < 1.29 is 28.9 Å². The predicted octanol–water partition coefficient (Wildman–Crippen LogP) is 2.79. The third-order valence-electron chi connectivity index (χ3n) is 3.89. The van der Waals surface area contributed by atoms with E-state index in [1.54, 1.807) is 13.8 Å². The number of hydrogen-bond donors (Lipinski definition) is 1. The van der Waals surface area contributed by atoms with Gasteiger partial charge in [0.1, 0.15) is 5.75 Å². The molecule has 132 valence electrons. The molecular formula is C18H24O6. The Morgan fingerprint density at radius 2 is 2.00 bits per heavy atom. The Kier molecular flexibility index (Phi) is 5.83. The number of esters is 1. The first-order valence-electron chi connectivity index (χ1n) is 8.17. The molecule has 1 N–H and O–H groups in total. The molecule has 0 aliphatic carbocycles. The van der Waals surface area contributed by atoms with Crippen LogP contribution < -0.4 is 4.74 Å². The average Bonchev–Trinajstić information content (AvgIpc) is 2.78. The second-order valence-electron chi connectivity index (χ2n) is 6.27. The quantitative estimate of drug-likeness (QED) is 0.735. The highest BCUT2D eigenvalue weighted by Crippen LogP contribution is 2.30. The lowest BCUT2D eigenvalue weighted by Gasteiger charge is -2.19. The number of aliphatic carboxylic acids is 1. The first-order chi connectivity index (χ1) is 11.3. The van der Waals surface area contributed by atoms with E-state index in [1.807, 2.05) is 31.2 Å². The van der Waals surface area contributed by atoms with Gasteiger partial charge >= 0.3 is 11.9 Å². The van der Waals surface area contributed by atoms with Crippen LogP contribution in [0.2, 0.25) is 0 Å². The third-order valence-corrected chi connectivity index (χ3v) is 3.89. The van der Waals surface area contributed by atoms with Crippen molar-refractivity contribution in [2.24, 2.45) is 5.92 Å². The van der Waals surface area contributed by atoms with E-state index < -0.39 is 29.7 Å². The molecule has 6 nitrogen and oxygen atoms in total. The van der Waals surface area contributed by atoms with Gasteiger partial charge in [0.15, 0.2) is 6.10 Å². The van der Waals surface area contributed by atoms with Crippen LogP contribution in [0.5, 0.6) is 5.75 Å². The number of aryl methyl sites for hydroxylation is 1. The van der Waals surface area contributed by atoms with E-state index >= 15 is 0 Å². The van der Waals surface area contributed by atoms with E-state index in [0.717, 1.165) is 17.7 Å². The van der Waals surface area contributed by atoms with Gasteiger partial charge in [-0.3, -0.25) is 4.79 Å². The monoisotopic (exact) mass is 336 g/mol. The predicted molar refractivity (Wildman–Crippen MR) is 86.7 cm³/mol. The van der Waals surface area contributed by atoms with Crippen LogP contribution in [0.1, 0.15) is 39.2 Å². The van der Waals surface area contributed by atoms with Crippen molar-refractivity contribution in [3.8, 4) is 5.75 Å². The van der Waals surface area contributed by atoms with Gasteiger partial charge in [0.25, 0.3) is 0 Å². The van der Waals surface area contributed by atoms with Crippen LogP contribution >= 0.6 is 0 Å². The number of hydrogen-bond acceptors (Lipinski definition) is 5. The number of cyclic esters (lactones) is 1. The highest BCUT2D eigenvalue weighted by molar-refractivity contribution is 5.84. The van der Waals surface area contributed by atoms with Gasteiger partial charge in [-0.1, -0.05) is 12.1 Å². The Morgan fingerprint density at radius 3 is 2.50 bits per heavy atom. The standard InChI is InChI=1S/C18H24O6/c1-4-22-13-10-8-12(9-11-13)6-5-7-14(16(19)20)15-17(21)24-18(2,3)23-15/h8-11,14-15H,4-7H2,1-3H3,(H,19,20)/t14-,15+/m1/s1. The smallest absolute Gasteiger partial charge is 0.338 e. The van der Waals surface area contributed by atoms with Gasteiger partial charge in [0.05, 0.1) is 12.5 Å². The Balaban J connectivity index is 1.90. The van der Waals surface area contributed by atoms with Crippen molar-refractivity contribution in [1.82, 2.24) is 0 Å². The Morgan fingerprint density at radius 1 is 1.33 bits per heavy atom. The maximum Gasteiger partial charge on any atom is 0.338 e. The largest absolute Gasteiger partial charge is 0.494 e. The number of benzene rings is 1. The fraction of sp³-hybridized carbons (Fsp3) is 0.556. The second-order valence-corrected chi connectivity index (χ2v) is 6.27. The molecule has 0 amide bonds. The van der Waals surface area contributed by atoms with Gasteiger partial charge in [-0.2, -0.15) is 0 Å². The van der Waals surface area contributed by atoms with E-state index in [9.17, 15) is 14.7 Å². The Hall–Kier alpha value is -2.08. The zero-order valence-corrected chi connectivity index (χ0v) is 14.3.